The van der Waals surface area contributed by atoms with Gasteiger partial charge in [-0.1, -0.05) is 209 Å². The van der Waals surface area contributed by atoms with Crippen LogP contribution in [-0.2, 0) is 18.4 Å². The van der Waals surface area contributed by atoms with Crippen LogP contribution < -0.4 is 5.32 Å². The van der Waals surface area contributed by atoms with E-state index in [4.69, 9.17) is 9.05 Å². The van der Waals surface area contributed by atoms with Gasteiger partial charge in [0.1, 0.15) is 36.6 Å². The van der Waals surface area contributed by atoms with Crippen molar-refractivity contribution in [1.29, 1.82) is 0 Å². The van der Waals surface area contributed by atoms with Gasteiger partial charge >= 0.3 is 7.82 Å². The Kier molecular flexibility index (Phi) is 42.0. The lowest BCUT2D eigenvalue weighted by Crippen LogP contribution is -2.64. The number of rotatable bonds is 46. The number of phosphoric acid groups is 1. The molecule has 1 amide bonds. The second kappa shape index (κ2) is 44.5. The Morgan fingerprint density at radius 2 is 0.943 bits per heavy atom. The number of nitrogens with one attached hydrogen (secondary N) is 1. The molecule has 0 aliphatic heterocycles. The Hall–Kier alpha value is -2.00. The van der Waals surface area contributed by atoms with E-state index in [1.165, 1.54) is 147 Å². The molecule has 1 aliphatic carbocycles. The molecule has 13 nitrogen and oxygen atoms in total. The number of hydrogen-bond acceptors (Lipinski definition) is 11. The van der Waals surface area contributed by atoms with Gasteiger partial charge in [-0.25, -0.2) is 4.57 Å². The van der Waals surface area contributed by atoms with Gasteiger partial charge in [-0.05, 0) is 71.1 Å². The number of aliphatic hydroxyl groups is 7. The summed E-state index contributed by atoms with van der Waals surface area (Å²) >= 11 is 0. The van der Waals surface area contributed by atoms with Crippen LogP contribution in [0.2, 0.25) is 0 Å². The highest BCUT2D eigenvalue weighted by Gasteiger charge is 2.51. The maximum absolute atomic E-state index is 13.0. The predicted molar refractivity (Wildman–Crippen MR) is 284 cm³/mol. The van der Waals surface area contributed by atoms with Gasteiger partial charge < -0.3 is 46.0 Å². The molecule has 0 spiro atoms. The lowest BCUT2D eigenvalue weighted by Gasteiger charge is -2.41. The van der Waals surface area contributed by atoms with Gasteiger partial charge in [-0.15, -0.1) is 0 Å². The Bertz CT molecular complexity index is 1420. The van der Waals surface area contributed by atoms with Crippen LogP contribution in [0.25, 0.3) is 0 Å². The summed E-state index contributed by atoms with van der Waals surface area (Å²) in [6, 6.07) is -1.26. The number of unbranched alkanes of at least 4 members (excludes halogenated alkanes) is 26. The zero-order valence-corrected chi connectivity index (χ0v) is 44.6. The molecule has 1 aliphatic rings. The topological polar surface area (TPSA) is 226 Å². The minimum Gasteiger partial charge on any atom is -0.393 e. The van der Waals surface area contributed by atoms with Crippen LogP contribution in [0.3, 0.4) is 0 Å². The summed E-state index contributed by atoms with van der Waals surface area (Å²) in [4.78, 5) is 23.4. The van der Waals surface area contributed by atoms with Crippen LogP contribution in [0.15, 0.2) is 60.8 Å². The SMILES string of the molecule is C/C=C/CC/C=C/CC/C=C/C(O)C(COP(=O)(O)OC1C(O)C(O)C(O)C(O)C1O)NC(=O)CC(O)CCCCCCCCCCCCCCCCC/C=C\C/C=C\CCCCCCCCCCC. The van der Waals surface area contributed by atoms with Crippen LogP contribution in [-0.4, -0.2) is 108 Å². The summed E-state index contributed by atoms with van der Waals surface area (Å²) in [5.74, 6) is -0.610. The first-order chi connectivity index (χ1) is 33.8. The molecule has 9 N–H and O–H groups in total. The normalized spacial score (nSPS) is 22.3. The molecule has 0 aromatic rings. The summed E-state index contributed by atoms with van der Waals surface area (Å²) in [5, 5.41) is 74.4. The third-order valence-electron chi connectivity index (χ3n) is 13.1. The maximum atomic E-state index is 13.0. The summed E-state index contributed by atoms with van der Waals surface area (Å²) in [6.45, 7) is 3.49. The van der Waals surface area contributed by atoms with Crippen molar-refractivity contribution in [2.75, 3.05) is 6.61 Å². The zero-order valence-electron chi connectivity index (χ0n) is 43.7. The van der Waals surface area contributed by atoms with Crippen molar-refractivity contribution in [3.05, 3.63) is 60.8 Å². The van der Waals surface area contributed by atoms with E-state index in [2.05, 4.69) is 48.7 Å². The number of carbonyl (C=O) groups excluding carboxylic acids is 1. The molecule has 14 heteroatoms. The third-order valence-corrected chi connectivity index (χ3v) is 14.1. The maximum Gasteiger partial charge on any atom is 0.472 e. The Morgan fingerprint density at radius 3 is 1.41 bits per heavy atom. The van der Waals surface area contributed by atoms with Gasteiger partial charge in [-0.2, -0.15) is 0 Å². The molecule has 0 aromatic carbocycles. The highest BCUT2D eigenvalue weighted by Crippen LogP contribution is 2.47. The molecule has 0 aromatic heterocycles. The first kappa shape index (κ1) is 66.0. The van der Waals surface area contributed by atoms with Gasteiger partial charge in [0.2, 0.25) is 5.91 Å². The molecular weight excluding hydrogens is 910 g/mol. The average molecular weight is 1010 g/mol. The highest BCUT2D eigenvalue weighted by atomic mass is 31.2. The van der Waals surface area contributed by atoms with Crippen LogP contribution >= 0.6 is 7.82 Å². The predicted octanol–water partition coefficient (Wildman–Crippen LogP) is 11.2. The van der Waals surface area contributed by atoms with Crippen molar-refractivity contribution in [3.8, 4) is 0 Å². The minimum absolute atomic E-state index is 0.258. The van der Waals surface area contributed by atoms with Gasteiger partial charge in [-0.3, -0.25) is 13.8 Å². The monoisotopic (exact) mass is 1010 g/mol. The first-order valence-corrected chi connectivity index (χ1v) is 29.3. The number of hydrogen-bond donors (Lipinski definition) is 9. The fourth-order valence-corrected chi connectivity index (χ4v) is 9.63. The molecule has 8 unspecified atom stereocenters. The summed E-state index contributed by atoms with van der Waals surface area (Å²) in [5.41, 5.74) is 0. The number of phosphoric ester groups is 1. The van der Waals surface area contributed by atoms with E-state index in [0.717, 1.165) is 44.9 Å². The number of allylic oxidation sites excluding steroid dienone is 9. The van der Waals surface area contributed by atoms with Crippen molar-refractivity contribution in [2.45, 2.75) is 281 Å². The molecule has 0 heterocycles. The lowest BCUT2D eigenvalue weighted by atomic mass is 9.85. The van der Waals surface area contributed by atoms with Gasteiger partial charge in [0.05, 0.1) is 31.3 Å². The fourth-order valence-electron chi connectivity index (χ4n) is 8.66. The van der Waals surface area contributed by atoms with E-state index < -0.39 is 75.2 Å². The molecule has 0 saturated heterocycles. The molecule has 70 heavy (non-hydrogen) atoms. The minimum atomic E-state index is -5.15. The second-order valence-corrected chi connectivity index (χ2v) is 21.0. The van der Waals surface area contributed by atoms with E-state index in [-0.39, 0.29) is 6.42 Å². The van der Waals surface area contributed by atoms with Crippen molar-refractivity contribution < 1.29 is 59.0 Å². The molecule has 1 rings (SSSR count). The van der Waals surface area contributed by atoms with Crippen molar-refractivity contribution in [3.63, 3.8) is 0 Å². The van der Waals surface area contributed by atoms with E-state index in [1.54, 1.807) is 6.08 Å². The standard InChI is InChI=1S/C56H102NO12P/c1-3-5-7-9-11-13-14-15-16-17-18-19-20-21-22-23-24-25-26-27-28-29-30-31-32-33-34-36-37-39-41-43-47(58)45-50(60)57-48(49(59)44-42-40-38-35-12-10-8-6-4-2)46-68-70(66,67)69-56-54(64)52(62)51(61)53(63)55(56)65/h4,6,12,18-19,21-22,35,42,44,47-49,51-56,58-59,61-65H,3,5,7-11,13-17,20,23-34,36-41,43,45-46H2,1-2H3,(H,57,60)(H,66,67)/b6-4+,19-18-,22-21-,35-12+,44-42+. The van der Waals surface area contributed by atoms with E-state index in [1.807, 2.05) is 19.1 Å². The molecule has 1 fully saturated rings. The molecular formula is C56H102NO12P. The van der Waals surface area contributed by atoms with Crippen LogP contribution in [0.4, 0.5) is 0 Å². The highest BCUT2D eigenvalue weighted by molar-refractivity contribution is 7.47. The van der Waals surface area contributed by atoms with Crippen molar-refractivity contribution >= 4 is 13.7 Å². The smallest absolute Gasteiger partial charge is 0.393 e. The van der Waals surface area contributed by atoms with Crippen molar-refractivity contribution in [2.24, 2.45) is 0 Å². The molecule has 1 saturated carbocycles. The molecule has 0 bridgehead atoms. The quantitative estimate of drug-likeness (QED) is 0.0158. The summed E-state index contributed by atoms with van der Waals surface area (Å²) < 4.78 is 22.8. The fraction of sp³-hybridized carbons (Fsp3) is 0.804. The summed E-state index contributed by atoms with van der Waals surface area (Å²) in [7, 11) is -5.15. The largest absolute Gasteiger partial charge is 0.472 e. The average Bonchev–Trinajstić information content (AvgIpc) is 3.34. The second-order valence-electron chi connectivity index (χ2n) is 19.6. The van der Waals surface area contributed by atoms with Gasteiger partial charge in [0.15, 0.2) is 0 Å². The number of carbonyl (C=O) groups is 1. The van der Waals surface area contributed by atoms with Crippen LogP contribution in [0.5, 0.6) is 0 Å². The Labute approximate surface area is 424 Å². The number of aliphatic hydroxyl groups excluding tert-OH is 7. The molecule has 408 valence electrons. The molecule has 0 radical (unpaired) electrons. The summed E-state index contributed by atoms with van der Waals surface area (Å²) in [6.07, 6.45) is 43.8. The molecule has 8 atom stereocenters. The Balaban J connectivity index is 2.23. The van der Waals surface area contributed by atoms with E-state index in [0.29, 0.717) is 19.3 Å². The zero-order chi connectivity index (χ0) is 51.5. The number of amides is 1. The van der Waals surface area contributed by atoms with Gasteiger partial charge in [0.25, 0.3) is 0 Å². The lowest BCUT2D eigenvalue weighted by molar-refractivity contribution is -0.220. The van der Waals surface area contributed by atoms with Crippen LogP contribution in [0.1, 0.15) is 226 Å². The van der Waals surface area contributed by atoms with E-state index >= 15 is 0 Å². The Morgan fingerprint density at radius 1 is 0.543 bits per heavy atom. The third kappa shape index (κ3) is 35.2. The van der Waals surface area contributed by atoms with Crippen molar-refractivity contribution in [1.82, 2.24) is 5.32 Å². The first-order valence-electron chi connectivity index (χ1n) is 27.8. The van der Waals surface area contributed by atoms with Gasteiger partial charge in [0, 0.05) is 0 Å². The van der Waals surface area contributed by atoms with E-state index in [9.17, 15) is 50.0 Å². The van der Waals surface area contributed by atoms with Crippen LogP contribution in [0, 0.1) is 0 Å².